The summed E-state index contributed by atoms with van der Waals surface area (Å²) in [6, 6.07) is 15.3. The summed E-state index contributed by atoms with van der Waals surface area (Å²) < 4.78 is 0. The van der Waals surface area contributed by atoms with Crippen LogP contribution in [-0.4, -0.2) is 6.04 Å². The van der Waals surface area contributed by atoms with Crippen LogP contribution in [0.25, 0.3) is 0 Å². The molecular formula is C17H20ClNS. The number of aryl methyl sites for hydroxylation is 1. The van der Waals surface area contributed by atoms with Gasteiger partial charge in [0.1, 0.15) is 0 Å². The maximum atomic E-state index is 6.36. The Morgan fingerprint density at radius 3 is 2.50 bits per heavy atom. The van der Waals surface area contributed by atoms with Gasteiger partial charge in [-0.05, 0) is 36.8 Å². The molecule has 106 valence electrons. The second kappa shape index (κ2) is 7.16. The van der Waals surface area contributed by atoms with Crippen LogP contribution in [0.1, 0.15) is 25.0 Å². The SMILES string of the molecule is Cc1cccc(Sc2ccc(CNC(C)C)c(Cl)c2)c1. The monoisotopic (exact) mass is 305 g/mol. The maximum absolute atomic E-state index is 6.36. The lowest BCUT2D eigenvalue weighted by atomic mass is 10.2. The first-order chi connectivity index (χ1) is 9.54. The Labute approximate surface area is 130 Å². The van der Waals surface area contributed by atoms with Crippen molar-refractivity contribution in [3.8, 4) is 0 Å². The van der Waals surface area contributed by atoms with Gasteiger partial charge in [-0.25, -0.2) is 0 Å². The number of benzene rings is 2. The van der Waals surface area contributed by atoms with Crippen molar-refractivity contribution in [1.82, 2.24) is 5.32 Å². The first kappa shape index (κ1) is 15.4. The molecule has 0 fully saturated rings. The van der Waals surface area contributed by atoms with Gasteiger partial charge < -0.3 is 5.32 Å². The second-order valence-corrected chi connectivity index (χ2v) is 6.76. The van der Waals surface area contributed by atoms with Crippen molar-refractivity contribution in [3.63, 3.8) is 0 Å². The van der Waals surface area contributed by atoms with E-state index in [0.717, 1.165) is 17.1 Å². The Balaban J connectivity index is 2.09. The fourth-order valence-electron chi connectivity index (χ4n) is 1.86. The largest absolute Gasteiger partial charge is 0.310 e. The van der Waals surface area contributed by atoms with Gasteiger partial charge in [-0.1, -0.05) is 61.0 Å². The number of halogens is 1. The average Bonchev–Trinajstić information content (AvgIpc) is 2.37. The van der Waals surface area contributed by atoms with E-state index in [9.17, 15) is 0 Å². The number of nitrogens with one attached hydrogen (secondary N) is 1. The Kier molecular flexibility index (Phi) is 5.53. The van der Waals surface area contributed by atoms with Crippen molar-refractivity contribution in [2.75, 3.05) is 0 Å². The van der Waals surface area contributed by atoms with Gasteiger partial charge in [0.05, 0.1) is 0 Å². The van der Waals surface area contributed by atoms with Gasteiger partial charge in [0.15, 0.2) is 0 Å². The molecule has 0 aliphatic carbocycles. The van der Waals surface area contributed by atoms with Gasteiger partial charge in [-0.15, -0.1) is 0 Å². The molecular weight excluding hydrogens is 286 g/mol. The molecule has 1 nitrogen and oxygen atoms in total. The number of hydrogen-bond donors (Lipinski definition) is 1. The van der Waals surface area contributed by atoms with Gasteiger partial charge in [-0.2, -0.15) is 0 Å². The highest BCUT2D eigenvalue weighted by atomic mass is 35.5. The highest BCUT2D eigenvalue weighted by Gasteiger charge is 2.04. The average molecular weight is 306 g/mol. The molecule has 0 spiro atoms. The third-order valence-electron chi connectivity index (χ3n) is 2.95. The topological polar surface area (TPSA) is 12.0 Å². The summed E-state index contributed by atoms with van der Waals surface area (Å²) in [5.74, 6) is 0. The van der Waals surface area contributed by atoms with Crippen LogP contribution in [0.5, 0.6) is 0 Å². The van der Waals surface area contributed by atoms with Crippen LogP contribution in [0.2, 0.25) is 5.02 Å². The Bertz CT molecular complexity index is 581. The molecule has 0 radical (unpaired) electrons. The molecule has 0 aliphatic heterocycles. The molecule has 2 aromatic rings. The van der Waals surface area contributed by atoms with Crippen LogP contribution < -0.4 is 5.32 Å². The Morgan fingerprint density at radius 1 is 1.10 bits per heavy atom. The van der Waals surface area contributed by atoms with Gasteiger partial charge in [0.2, 0.25) is 0 Å². The standard InChI is InChI=1S/C17H20ClNS/c1-12(2)19-11-14-7-8-16(10-17(14)18)20-15-6-4-5-13(3)9-15/h4-10,12,19H,11H2,1-3H3. The highest BCUT2D eigenvalue weighted by Crippen LogP contribution is 2.31. The van der Waals surface area contributed by atoms with Crippen molar-refractivity contribution < 1.29 is 0 Å². The summed E-state index contributed by atoms with van der Waals surface area (Å²) in [4.78, 5) is 2.42. The van der Waals surface area contributed by atoms with E-state index in [2.05, 4.69) is 62.5 Å². The molecule has 0 atom stereocenters. The van der Waals surface area contributed by atoms with Crippen LogP contribution in [0.4, 0.5) is 0 Å². The van der Waals surface area contributed by atoms with E-state index < -0.39 is 0 Å². The third kappa shape index (κ3) is 4.55. The van der Waals surface area contributed by atoms with Crippen molar-refractivity contribution in [2.45, 2.75) is 43.1 Å². The predicted molar refractivity (Wildman–Crippen MR) is 88.7 cm³/mol. The normalized spacial score (nSPS) is 11.1. The minimum absolute atomic E-state index is 0.465. The summed E-state index contributed by atoms with van der Waals surface area (Å²) in [5.41, 5.74) is 2.42. The molecule has 20 heavy (non-hydrogen) atoms. The lowest BCUT2D eigenvalue weighted by molar-refractivity contribution is 0.589. The first-order valence-corrected chi connectivity index (χ1v) is 8.00. The minimum Gasteiger partial charge on any atom is -0.310 e. The van der Waals surface area contributed by atoms with E-state index in [1.54, 1.807) is 11.8 Å². The van der Waals surface area contributed by atoms with Crippen molar-refractivity contribution in [2.24, 2.45) is 0 Å². The second-order valence-electron chi connectivity index (χ2n) is 5.21. The summed E-state index contributed by atoms with van der Waals surface area (Å²) in [6.07, 6.45) is 0. The van der Waals surface area contributed by atoms with E-state index in [4.69, 9.17) is 11.6 Å². The van der Waals surface area contributed by atoms with Crippen LogP contribution in [0.3, 0.4) is 0 Å². The van der Waals surface area contributed by atoms with E-state index in [1.807, 2.05) is 6.07 Å². The molecule has 0 bridgehead atoms. The Hall–Kier alpha value is -0.960. The molecule has 0 aliphatic rings. The molecule has 0 unspecified atom stereocenters. The molecule has 1 N–H and O–H groups in total. The fourth-order valence-corrected chi connectivity index (χ4v) is 3.15. The van der Waals surface area contributed by atoms with E-state index in [-0.39, 0.29) is 0 Å². The van der Waals surface area contributed by atoms with Crippen LogP contribution in [-0.2, 0) is 6.54 Å². The molecule has 2 aromatic carbocycles. The maximum Gasteiger partial charge on any atom is 0.0462 e. The summed E-state index contributed by atoms with van der Waals surface area (Å²) >= 11 is 8.10. The molecule has 0 saturated carbocycles. The van der Waals surface area contributed by atoms with Gasteiger partial charge in [0.25, 0.3) is 0 Å². The molecule has 2 rings (SSSR count). The van der Waals surface area contributed by atoms with Gasteiger partial charge in [-0.3, -0.25) is 0 Å². The Morgan fingerprint density at radius 2 is 1.85 bits per heavy atom. The zero-order valence-corrected chi connectivity index (χ0v) is 13.7. The number of hydrogen-bond acceptors (Lipinski definition) is 2. The first-order valence-electron chi connectivity index (χ1n) is 6.81. The van der Waals surface area contributed by atoms with E-state index in [0.29, 0.717) is 6.04 Å². The lowest BCUT2D eigenvalue weighted by Gasteiger charge is -2.11. The van der Waals surface area contributed by atoms with Crippen molar-refractivity contribution in [1.29, 1.82) is 0 Å². The summed E-state index contributed by atoms with van der Waals surface area (Å²) in [7, 11) is 0. The van der Waals surface area contributed by atoms with Crippen LogP contribution in [0, 0.1) is 6.92 Å². The van der Waals surface area contributed by atoms with Gasteiger partial charge in [0, 0.05) is 27.4 Å². The highest BCUT2D eigenvalue weighted by molar-refractivity contribution is 7.99. The molecule has 3 heteroatoms. The minimum atomic E-state index is 0.465. The third-order valence-corrected chi connectivity index (χ3v) is 4.28. The quantitative estimate of drug-likeness (QED) is 0.804. The van der Waals surface area contributed by atoms with Crippen LogP contribution >= 0.6 is 23.4 Å². The molecule has 0 amide bonds. The van der Waals surface area contributed by atoms with Crippen molar-refractivity contribution in [3.05, 3.63) is 58.6 Å². The lowest BCUT2D eigenvalue weighted by Crippen LogP contribution is -2.21. The summed E-state index contributed by atoms with van der Waals surface area (Å²) in [5, 5.41) is 4.22. The smallest absolute Gasteiger partial charge is 0.0462 e. The van der Waals surface area contributed by atoms with E-state index in [1.165, 1.54) is 15.4 Å². The predicted octanol–water partition coefficient (Wildman–Crippen LogP) is 5.30. The van der Waals surface area contributed by atoms with Crippen LogP contribution in [0.15, 0.2) is 52.3 Å². The van der Waals surface area contributed by atoms with Crippen molar-refractivity contribution >= 4 is 23.4 Å². The number of rotatable bonds is 5. The molecule has 0 saturated heterocycles. The van der Waals surface area contributed by atoms with Gasteiger partial charge >= 0.3 is 0 Å². The molecule has 0 heterocycles. The zero-order chi connectivity index (χ0) is 14.5. The van der Waals surface area contributed by atoms with E-state index >= 15 is 0 Å². The fraction of sp³-hybridized carbons (Fsp3) is 0.294. The summed E-state index contributed by atoms with van der Waals surface area (Å²) in [6.45, 7) is 7.19. The zero-order valence-electron chi connectivity index (χ0n) is 12.1. The molecule has 0 aromatic heterocycles.